The third kappa shape index (κ3) is 4.86. The number of fused-ring (bicyclic) bond motifs is 1. The van der Waals surface area contributed by atoms with E-state index in [1.807, 2.05) is 24.4 Å². The summed E-state index contributed by atoms with van der Waals surface area (Å²) in [5, 5.41) is 0. The number of rotatable bonds is 6. The Balaban J connectivity index is 1.46. The Kier molecular flexibility index (Phi) is 7.05. The Morgan fingerprint density at radius 2 is 2.17 bits per heavy atom. The maximum Gasteiger partial charge on any atom is 0.223 e. The fourth-order valence-corrected chi connectivity index (χ4v) is 5.57. The van der Waals surface area contributed by atoms with Gasteiger partial charge in [0.15, 0.2) is 0 Å². The smallest absolute Gasteiger partial charge is 0.223 e. The van der Waals surface area contributed by atoms with E-state index in [1.165, 1.54) is 42.5 Å². The highest BCUT2D eigenvalue weighted by molar-refractivity contribution is 7.09. The molecule has 1 atom stereocenters. The standard InChI is InChI=1S/C24H32N2O3S/c1-17-22(30-16-25-17)10-11-23(27)26-12-13-29-21-9-8-19(14-20(21)15-26)24(28-2)18-6-4-3-5-7-18/h8-9,14,16,18,24H,3-7,10-13,15H2,1-2H3. The van der Waals surface area contributed by atoms with E-state index in [2.05, 4.69) is 23.2 Å². The summed E-state index contributed by atoms with van der Waals surface area (Å²) < 4.78 is 11.9. The van der Waals surface area contributed by atoms with Gasteiger partial charge in [-0.1, -0.05) is 25.3 Å². The second kappa shape index (κ2) is 9.92. The maximum atomic E-state index is 12.9. The highest BCUT2D eigenvalue weighted by Crippen LogP contribution is 2.38. The molecule has 30 heavy (non-hydrogen) atoms. The van der Waals surface area contributed by atoms with Crippen LogP contribution in [0, 0.1) is 12.8 Å². The molecule has 1 unspecified atom stereocenters. The van der Waals surface area contributed by atoms with E-state index < -0.39 is 0 Å². The van der Waals surface area contributed by atoms with Crippen LogP contribution in [-0.2, 0) is 22.5 Å². The van der Waals surface area contributed by atoms with Crippen molar-refractivity contribution in [1.82, 2.24) is 9.88 Å². The molecule has 1 aliphatic carbocycles. The van der Waals surface area contributed by atoms with Crippen LogP contribution >= 0.6 is 11.3 Å². The van der Waals surface area contributed by atoms with Crippen LogP contribution in [0.3, 0.4) is 0 Å². The topological polar surface area (TPSA) is 51.7 Å². The number of ether oxygens (including phenoxy) is 2. The predicted molar refractivity (Wildman–Crippen MR) is 119 cm³/mol. The van der Waals surface area contributed by atoms with Crippen molar-refractivity contribution in [1.29, 1.82) is 0 Å². The molecule has 2 aromatic rings. The van der Waals surface area contributed by atoms with Gasteiger partial charge in [-0.05, 0) is 49.8 Å². The second-order valence-corrected chi connectivity index (χ2v) is 9.39. The van der Waals surface area contributed by atoms with Crippen LogP contribution < -0.4 is 4.74 Å². The van der Waals surface area contributed by atoms with Gasteiger partial charge in [-0.2, -0.15) is 0 Å². The lowest BCUT2D eigenvalue weighted by Gasteiger charge is -2.30. The number of thiazole rings is 1. The lowest BCUT2D eigenvalue weighted by atomic mass is 9.82. The molecule has 1 amide bonds. The van der Waals surface area contributed by atoms with Gasteiger partial charge in [0.2, 0.25) is 5.91 Å². The normalized spacial score (nSPS) is 18.4. The molecule has 1 saturated carbocycles. The van der Waals surface area contributed by atoms with Gasteiger partial charge < -0.3 is 14.4 Å². The summed E-state index contributed by atoms with van der Waals surface area (Å²) in [6.45, 7) is 3.77. The summed E-state index contributed by atoms with van der Waals surface area (Å²) in [5.74, 6) is 1.65. The van der Waals surface area contributed by atoms with Gasteiger partial charge in [0.25, 0.3) is 0 Å². The summed E-state index contributed by atoms with van der Waals surface area (Å²) in [6, 6.07) is 6.41. The first kappa shape index (κ1) is 21.3. The van der Waals surface area contributed by atoms with Crippen LogP contribution in [0.5, 0.6) is 5.75 Å². The predicted octanol–water partition coefficient (Wildman–Crippen LogP) is 5.07. The lowest BCUT2D eigenvalue weighted by molar-refractivity contribution is -0.131. The van der Waals surface area contributed by atoms with E-state index in [9.17, 15) is 4.79 Å². The van der Waals surface area contributed by atoms with Crippen LogP contribution in [0.2, 0.25) is 0 Å². The van der Waals surface area contributed by atoms with Crippen molar-refractivity contribution >= 4 is 17.2 Å². The second-order valence-electron chi connectivity index (χ2n) is 8.45. The molecule has 2 heterocycles. The Bertz CT molecular complexity index is 860. The van der Waals surface area contributed by atoms with Gasteiger partial charge >= 0.3 is 0 Å². The molecule has 6 heteroatoms. The van der Waals surface area contributed by atoms with Gasteiger partial charge in [-0.25, -0.2) is 4.98 Å². The molecule has 162 valence electrons. The van der Waals surface area contributed by atoms with Gasteiger partial charge in [0, 0.05) is 30.5 Å². The van der Waals surface area contributed by atoms with Crippen LogP contribution in [0.1, 0.15) is 66.3 Å². The Hall–Kier alpha value is -1.92. The number of hydrogen-bond acceptors (Lipinski definition) is 5. The Morgan fingerprint density at radius 1 is 1.33 bits per heavy atom. The number of benzene rings is 1. The molecule has 2 aliphatic rings. The minimum absolute atomic E-state index is 0.123. The van der Waals surface area contributed by atoms with Gasteiger partial charge in [-0.3, -0.25) is 4.79 Å². The average molecular weight is 429 g/mol. The van der Waals surface area contributed by atoms with E-state index in [0.29, 0.717) is 32.0 Å². The fourth-order valence-electron chi connectivity index (χ4n) is 4.79. The summed E-state index contributed by atoms with van der Waals surface area (Å²) in [6.07, 6.45) is 7.77. The average Bonchev–Trinajstić information content (AvgIpc) is 3.05. The maximum absolute atomic E-state index is 12.9. The fraction of sp³-hybridized carbons (Fsp3) is 0.583. The van der Waals surface area contributed by atoms with Crippen molar-refractivity contribution < 1.29 is 14.3 Å². The van der Waals surface area contributed by atoms with E-state index in [1.54, 1.807) is 11.3 Å². The third-order valence-corrected chi connectivity index (χ3v) is 7.48. The van der Waals surface area contributed by atoms with Crippen LogP contribution in [-0.4, -0.2) is 36.1 Å². The third-order valence-electron chi connectivity index (χ3n) is 6.49. The number of methoxy groups -OCH3 is 1. The number of aromatic nitrogens is 1. The van der Waals surface area contributed by atoms with Crippen molar-refractivity contribution in [3.63, 3.8) is 0 Å². The van der Waals surface area contributed by atoms with Crippen molar-refractivity contribution in [3.05, 3.63) is 45.4 Å². The van der Waals surface area contributed by atoms with Crippen molar-refractivity contribution in [3.8, 4) is 5.75 Å². The number of hydrogen-bond donors (Lipinski definition) is 0. The molecule has 5 nitrogen and oxygen atoms in total. The van der Waals surface area contributed by atoms with E-state index in [4.69, 9.17) is 9.47 Å². The minimum atomic E-state index is 0.123. The highest BCUT2D eigenvalue weighted by Gasteiger charge is 2.27. The lowest BCUT2D eigenvalue weighted by Crippen LogP contribution is -2.32. The summed E-state index contributed by atoms with van der Waals surface area (Å²) in [5.41, 5.74) is 5.19. The van der Waals surface area contributed by atoms with Gasteiger partial charge in [-0.15, -0.1) is 11.3 Å². The molecule has 1 fully saturated rings. The molecule has 0 radical (unpaired) electrons. The molecule has 0 saturated heterocycles. The zero-order chi connectivity index (χ0) is 20.9. The summed E-state index contributed by atoms with van der Waals surface area (Å²) >= 11 is 1.63. The van der Waals surface area contributed by atoms with Crippen molar-refractivity contribution in [2.24, 2.45) is 5.92 Å². The summed E-state index contributed by atoms with van der Waals surface area (Å²) in [4.78, 5) is 20.3. The van der Waals surface area contributed by atoms with Crippen molar-refractivity contribution in [2.45, 2.75) is 64.5 Å². The number of nitrogens with zero attached hydrogens (tertiary/aromatic N) is 2. The zero-order valence-electron chi connectivity index (χ0n) is 18.1. The molecular formula is C24H32N2O3S. The largest absolute Gasteiger partial charge is 0.491 e. The zero-order valence-corrected chi connectivity index (χ0v) is 18.9. The minimum Gasteiger partial charge on any atom is -0.491 e. The van der Waals surface area contributed by atoms with E-state index >= 15 is 0 Å². The summed E-state index contributed by atoms with van der Waals surface area (Å²) in [7, 11) is 1.82. The molecule has 0 N–H and O–H groups in total. The first-order chi connectivity index (χ1) is 14.7. The van der Waals surface area contributed by atoms with Gasteiger partial charge in [0.1, 0.15) is 12.4 Å². The molecule has 1 aliphatic heterocycles. The van der Waals surface area contributed by atoms with Crippen LogP contribution in [0.4, 0.5) is 0 Å². The van der Waals surface area contributed by atoms with Crippen LogP contribution in [0.15, 0.2) is 23.7 Å². The van der Waals surface area contributed by atoms with E-state index in [-0.39, 0.29) is 12.0 Å². The number of carbonyl (C=O) groups excluding carboxylic acids is 1. The van der Waals surface area contributed by atoms with Crippen LogP contribution in [0.25, 0.3) is 0 Å². The molecular weight excluding hydrogens is 396 g/mol. The first-order valence-electron chi connectivity index (χ1n) is 11.1. The molecule has 1 aromatic carbocycles. The van der Waals surface area contributed by atoms with Gasteiger partial charge in [0.05, 0.1) is 23.9 Å². The Morgan fingerprint density at radius 3 is 2.90 bits per heavy atom. The number of aryl methyl sites for hydroxylation is 2. The molecule has 0 bridgehead atoms. The Labute approximate surface area is 183 Å². The van der Waals surface area contributed by atoms with Crippen molar-refractivity contribution in [2.75, 3.05) is 20.3 Å². The molecule has 0 spiro atoms. The highest BCUT2D eigenvalue weighted by atomic mass is 32.1. The van der Waals surface area contributed by atoms with E-state index in [0.717, 1.165) is 23.4 Å². The number of carbonyl (C=O) groups is 1. The molecule has 1 aromatic heterocycles. The number of amides is 1. The quantitative estimate of drug-likeness (QED) is 0.644. The SMILES string of the molecule is COC(c1ccc2c(c1)CN(C(=O)CCc1scnc1C)CCO2)C1CCCCC1. The monoisotopic (exact) mass is 428 g/mol. The first-order valence-corrected chi connectivity index (χ1v) is 12.0. The molecule has 4 rings (SSSR count).